The number of fused-ring (bicyclic) bond motifs is 1. The molecule has 1 aromatic rings. The molecule has 1 aliphatic carbocycles. The van der Waals surface area contributed by atoms with Gasteiger partial charge >= 0.3 is 17.2 Å². The molecule has 1 unspecified atom stereocenters. The van der Waals surface area contributed by atoms with Crippen LogP contribution in [0.1, 0.15) is 42.5 Å². The molecule has 172 valence electrons. The van der Waals surface area contributed by atoms with Gasteiger partial charge in [-0.15, -0.1) is 0 Å². The smallest absolute Gasteiger partial charge is 0.364 e. The van der Waals surface area contributed by atoms with Crippen molar-refractivity contribution in [2.75, 3.05) is 6.61 Å². The molecule has 0 saturated heterocycles. The van der Waals surface area contributed by atoms with E-state index in [1.54, 1.807) is 18.2 Å². The summed E-state index contributed by atoms with van der Waals surface area (Å²) in [5.74, 6) is -2.80. The first kappa shape index (κ1) is 24.0. The number of carbonyl (C=O) groups is 2. The van der Waals surface area contributed by atoms with Gasteiger partial charge in [-0.2, -0.15) is 8.78 Å². The summed E-state index contributed by atoms with van der Waals surface area (Å²) >= 11 is 2.03. The molecule has 3 rings (SSSR count). The highest BCUT2D eigenvalue weighted by Gasteiger charge is 2.48. The van der Waals surface area contributed by atoms with Crippen LogP contribution >= 0.6 is 22.6 Å². The molecule has 13 heteroatoms. The molecule has 1 spiro atoms. The second kappa shape index (κ2) is 8.73. The van der Waals surface area contributed by atoms with Crippen molar-refractivity contribution in [3.63, 3.8) is 0 Å². The number of rotatable bonds is 6. The Balaban J connectivity index is 1.53. The predicted molar refractivity (Wildman–Crippen MR) is 105 cm³/mol. The lowest BCUT2D eigenvalue weighted by Crippen LogP contribution is -2.48. The first-order valence-corrected chi connectivity index (χ1v) is 11.7. The molecule has 2 aliphatic rings. The van der Waals surface area contributed by atoms with Crippen LogP contribution in [-0.4, -0.2) is 48.7 Å². The number of halogens is 4. The Morgan fingerprint density at radius 2 is 1.97 bits per heavy atom. The molecule has 0 radical (unpaired) electrons. The molecule has 0 aromatic heterocycles. The molecule has 0 N–H and O–H groups in total. The topological polar surface area (TPSA) is 119 Å². The quantitative estimate of drug-likeness (QED) is 0.288. The molecule has 1 fully saturated rings. The number of alkyl halides is 3. The van der Waals surface area contributed by atoms with E-state index in [4.69, 9.17) is 14.2 Å². The van der Waals surface area contributed by atoms with E-state index in [0.29, 0.717) is 11.3 Å². The van der Waals surface area contributed by atoms with E-state index in [-0.39, 0.29) is 25.7 Å². The van der Waals surface area contributed by atoms with Gasteiger partial charge in [0.05, 0.1) is 16.1 Å². The van der Waals surface area contributed by atoms with Crippen LogP contribution < -0.4 is 4.74 Å². The zero-order valence-electron chi connectivity index (χ0n) is 15.8. The molecule has 1 atom stereocenters. The Labute approximate surface area is 189 Å². The molecule has 31 heavy (non-hydrogen) atoms. The second-order valence-electron chi connectivity index (χ2n) is 7.23. The Morgan fingerprint density at radius 3 is 2.58 bits per heavy atom. The van der Waals surface area contributed by atoms with Crippen LogP contribution in [0.4, 0.5) is 13.2 Å². The van der Waals surface area contributed by atoms with Gasteiger partial charge < -0.3 is 18.8 Å². The first-order chi connectivity index (χ1) is 14.4. The molecule has 0 bridgehead atoms. The van der Waals surface area contributed by atoms with Crippen LogP contribution in [0.3, 0.4) is 0 Å². The van der Waals surface area contributed by atoms with Crippen molar-refractivity contribution in [2.45, 2.75) is 49.3 Å². The van der Waals surface area contributed by atoms with Crippen molar-refractivity contribution in [2.24, 2.45) is 5.92 Å². The summed E-state index contributed by atoms with van der Waals surface area (Å²) in [4.78, 5) is 24.5. The van der Waals surface area contributed by atoms with Crippen molar-refractivity contribution in [3.8, 4) is 5.75 Å². The van der Waals surface area contributed by atoms with Gasteiger partial charge in [0.2, 0.25) is 0 Å². The molecular weight excluding hydrogens is 560 g/mol. The lowest BCUT2D eigenvalue weighted by atomic mass is 9.84. The summed E-state index contributed by atoms with van der Waals surface area (Å²) in [7, 11) is -6.17. The van der Waals surface area contributed by atoms with Gasteiger partial charge in [-0.3, -0.25) is 4.79 Å². The van der Waals surface area contributed by atoms with E-state index in [1.807, 2.05) is 22.6 Å². The summed E-state index contributed by atoms with van der Waals surface area (Å²) in [6.45, 7) is -0.816. The SMILES string of the molecule is O=C1OC2(CCC(C(=O)OCCC(F)C(F)(F)S(=O)(=O)[O-])CC2)Oc2c(I)cccc21. The third-order valence-corrected chi connectivity index (χ3v) is 6.92. The van der Waals surface area contributed by atoms with Crippen molar-refractivity contribution in [3.05, 3.63) is 27.3 Å². The van der Waals surface area contributed by atoms with E-state index >= 15 is 0 Å². The maximum Gasteiger partial charge on any atom is 0.364 e. The zero-order valence-corrected chi connectivity index (χ0v) is 18.8. The van der Waals surface area contributed by atoms with E-state index in [9.17, 15) is 35.7 Å². The highest BCUT2D eigenvalue weighted by molar-refractivity contribution is 14.1. The lowest BCUT2D eigenvalue weighted by molar-refractivity contribution is -0.184. The summed E-state index contributed by atoms with van der Waals surface area (Å²) in [6.07, 6.45) is -3.67. The number of hydrogen-bond acceptors (Lipinski definition) is 8. The second-order valence-corrected chi connectivity index (χ2v) is 9.85. The maximum absolute atomic E-state index is 13.4. The van der Waals surface area contributed by atoms with Gasteiger partial charge in [0.1, 0.15) is 5.56 Å². The van der Waals surface area contributed by atoms with Crippen LogP contribution in [0.2, 0.25) is 0 Å². The number of esters is 2. The van der Waals surface area contributed by atoms with Gasteiger partial charge in [-0.25, -0.2) is 17.6 Å². The average molecular weight is 577 g/mol. The molecule has 1 aliphatic heterocycles. The molecular formula is C18H17F3IO8S-. The molecule has 0 amide bonds. The Bertz CT molecular complexity index is 976. The molecule has 1 heterocycles. The summed E-state index contributed by atoms with van der Waals surface area (Å²) in [5, 5.41) is -5.10. The number of carbonyl (C=O) groups excluding carboxylic acids is 2. The van der Waals surface area contributed by atoms with Crippen molar-refractivity contribution in [1.82, 2.24) is 0 Å². The van der Waals surface area contributed by atoms with Gasteiger partial charge in [-0.1, -0.05) is 6.07 Å². The van der Waals surface area contributed by atoms with Crippen LogP contribution in [0.15, 0.2) is 18.2 Å². The minimum absolute atomic E-state index is 0.182. The number of ether oxygens (including phenoxy) is 3. The number of hydrogen-bond donors (Lipinski definition) is 0. The Morgan fingerprint density at radius 1 is 1.32 bits per heavy atom. The maximum atomic E-state index is 13.4. The molecule has 8 nitrogen and oxygen atoms in total. The van der Waals surface area contributed by atoms with Crippen LogP contribution in [0.5, 0.6) is 5.75 Å². The minimum Gasteiger partial charge on any atom is -0.743 e. The minimum atomic E-state index is -6.17. The highest BCUT2D eigenvalue weighted by atomic mass is 127. The summed E-state index contributed by atoms with van der Waals surface area (Å²) in [5.41, 5.74) is 0.303. The largest absolute Gasteiger partial charge is 0.743 e. The first-order valence-electron chi connectivity index (χ1n) is 9.21. The fraction of sp³-hybridized carbons (Fsp3) is 0.556. The highest BCUT2D eigenvalue weighted by Crippen LogP contribution is 2.43. The zero-order chi connectivity index (χ0) is 23.0. The van der Waals surface area contributed by atoms with Crippen LogP contribution in [0.25, 0.3) is 0 Å². The normalized spacial score (nSPS) is 24.7. The van der Waals surface area contributed by atoms with Crippen molar-refractivity contribution < 1.29 is 49.9 Å². The fourth-order valence-electron chi connectivity index (χ4n) is 3.41. The molecule has 1 aromatic carbocycles. The van der Waals surface area contributed by atoms with Crippen molar-refractivity contribution >= 4 is 44.6 Å². The third kappa shape index (κ3) is 4.92. The van der Waals surface area contributed by atoms with Crippen LogP contribution in [-0.2, 0) is 24.4 Å². The predicted octanol–water partition coefficient (Wildman–Crippen LogP) is 3.14. The average Bonchev–Trinajstić information content (AvgIpc) is 2.68. The van der Waals surface area contributed by atoms with Crippen LogP contribution in [0, 0.1) is 9.49 Å². The van der Waals surface area contributed by atoms with E-state index in [1.165, 1.54) is 0 Å². The van der Waals surface area contributed by atoms with Gasteiger partial charge in [-0.05, 0) is 47.6 Å². The van der Waals surface area contributed by atoms with E-state index in [0.717, 1.165) is 3.57 Å². The van der Waals surface area contributed by atoms with Crippen molar-refractivity contribution in [1.29, 1.82) is 0 Å². The third-order valence-electron chi connectivity index (χ3n) is 5.15. The number of benzene rings is 1. The standard InChI is InChI=1S/C18H18F3IO8S/c19-13(18(20,21)31(25,26)27)6-9-28-15(23)10-4-7-17(8-5-10)29-14-11(16(24)30-17)2-1-3-12(14)22/h1-3,10,13H,4-9H2,(H,25,26,27)/p-1. The van der Waals surface area contributed by atoms with Gasteiger partial charge in [0.25, 0.3) is 5.79 Å². The molecule has 1 saturated carbocycles. The lowest BCUT2D eigenvalue weighted by Gasteiger charge is -2.41. The fourth-order valence-corrected chi connectivity index (χ4v) is 4.45. The Hall–Kier alpha value is -1.61. The van der Waals surface area contributed by atoms with Gasteiger partial charge in [0.15, 0.2) is 22.0 Å². The van der Waals surface area contributed by atoms with E-state index < -0.39 is 58.2 Å². The van der Waals surface area contributed by atoms with E-state index in [2.05, 4.69) is 0 Å². The Kier molecular flexibility index (Phi) is 6.77. The summed E-state index contributed by atoms with van der Waals surface area (Å²) < 4.78 is 87.7. The summed E-state index contributed by atoms with van der Waals surface area (Å²) in [6, 6.07) is 5.05. The number of para-hydroxylation sites is 1. The monoisotopic (exact) mass is 577 g/mol. The van der Waals surface area contributed by atoms with Gasteiger partial charge in [0, 0.05) is 19.3 Å².